The van der Waals surface area contributed by atoms with Crippen molar-refractivity contribution in [3.05, 3.63) is 42.2 Å². The Kier molecular flexibility index (Phi) is 4.19. The van der Waals surface area contributed by atoms with Crippen molar-refractivity contribution < 1.29 is 18.7 Å². The maximum atomic E-state index is 11.8. The molecule has 1 unspecified atom stereocenters. The summed E-state index contributed by atoms with van der Waals surface area (Å²) in [6, 6.07) is 8.24. The molecule has 2 aromatic rings. The summed E-state index contributed by atoms with van der Waals surface area (Å²) < 4.78 is 9.87. The number of nitrogen functional groups attached to an aromatic ring is 1. The first-order chi connectivity index (χ1) is 11.5. The standard InChI is InChI=1S/C16H16N4O4/c1-9-7-13(21)19-20-15(9)10-4-5-12(11(17)8-10)18-16(22)24-14-3-2-6-23-14/h2-6,8-9H,7,17H2,1H3,(H,18,22)(H,19,21). The highest BCUT2D eigenvalue weighted by atomic mass is 16.6. The molecule has 0 spiro atoms. The number of anilines is 2. The number of carbonyl (C=O) groups is 2. The molecule has 124 valence electrons. The van der Waals surface area contributed by atoms with Crippen LogP contribution in [0.3, 0.4) is 0 Å². The van der Waals surface area contributed by atoms with Gasteiger partial charge in [0.05, 0.1) is 23.3 Å². The van der Waals surface area contributed by atoms with E-state index in [9.17, 15) is 9.59 Å². The minimum atomic E-state index is -0.708. The average molecular weight is 328 g/mol. The maximum absolute atomic E-state index is 11.8. The van der Waals surface area contributed by atoms with E-state index >= 15 is 0 Å². The fraction of sp³-hybridized carbons (Fsp3) is 0.188. The molecule has 8 nitrogen and oxygen atoms in total. The van der Waals surface area contributed by atoms with Gasteiger partial charge in [0.15, 0.2) is 0 Å². The third-order valence-corrected chi connectivity index (χ3v) is 3.53. The van der Waals surface area contributed by atoms with Gasteiger partial charge in [-0.05, 0) is 18.2 Å². The first-order valence-electron chi connectivity index (χ1n) is 7.31. The number of hydrazone groups is 1. The van der Waals surface area contributed by atoms with Gasteiger partial charge in [0.2, 0.25) is 5.91 Å². The van der Waals surface area contributed by atoms with Crippen LogP contribution in [0.2, 0.25) is 0 Å². The van der Waals surface area contributed by atoms with Crippen LogP contribution in [0.4, 0.5) is 16.2 Å². The summed E-state index contributed by atoms with van der Waals surface area (Å²) in [6.07, 6.45) is 1.06. The highest BCUT2D eigenvalue weighted by Crippen LogP contribution is 2.24. The van der Waals surface area contributed by atoms with Crippen LogP contribution in [0.5, 0.6) is 5.95 Å². The number of rotatable bonds is 3. The molecule has 0 saturated heterocycles. The summed E-state index contributed by atoms with van der Waals surface area (Å²) in [5.74, 6) is -0.0390. The van der Waals surface area contributed by atoms with Gasteiger partial charge < -0.3 is 14.9 Å². The Labute approximate surface area is 137 Å². The van der Waals surface area contributed by atoms with Crippen molar-refractivity contribution in [3.63, 3.8) is 0 Å². The molecule has 1 aromatic heterocycles. The number of hydrogen-bond donors (Lipinski definition) is 3. The lowest BCUT2D eigenvalue weighted by atomic mass is 9.93. The molecule has 0 bridgehead atoms. The van der Waals surface area contributed by atoms with E-state index in [1.165, 1.54) is 12.3 Å². The number of nitrogens with one attached hydrogen (secondary N) is 2. The normalized spacial score (nSPS) is 17.0. The Hall–Kier alpha value is -3.29. The number of carbonyl (C=O) groups excluding carboxylic acids is 2. The van der Waals surface area contributed by atoms with Crippen molar-refractivity contribution in [3.8, 4) is 5.95 Å². The topological polar surface area (TPSA) is 119 Å². The van der Waals surface area contributed by atoms with Crippen LogP contribution >= 0.6 is 0 Å². The molecule has 24 heavy (non-hydrogen) atoms. The Morgan fingerprint density at radius 1 is 1.46 bits per heavy atom. The SMILES string of the molecule is CC1CC(=O)NN=C1c1ccc(NC(=O)Oc2ccco2)c(N)c1. The second-order valence-electron chi connectivity index (χ2n) is 5.39. The van der Waals surface area contributed by atoms with E-state index in [2.05, 4.69) is 15.8 Å². The number of amides is 2. The smallest absolute Gasteiger partial charge is 0.419 e. The molecule has 0 saturated carbocycles. The number of furan rings is 1. The Morgan fingerprint density at radius 3 is 2.96 bits per heavy atom. The van der Waals surface area contributed by atoms with Gasteiger partial charge in [-0.15, -0.1) is 0 Å². The van der Waals surface area contributed by atoms with Crippen molar-refractivity contribution in [2.45, 2.75) is 13.3 Å². The van der Waals surface area contributed by atoms with E-state index in [1.807, 2.05) is 6.92 Å². The van der Waals surface area contributed by atoms with Crippen LogP contribution in [0.1, 0.15) is 18.9 Å². The van der Waals surface area contributed by atoms with Gasteiger partial charge in [-0.2, -0.15) is 5.10 Å². The quantitative estimate of drug-likeness (QED) is 0.747. The molecule has 1 aliphatic rings. The Balaban J connectivity index is 1.73. The molecular formula is C16H16N4O4. The third-order valence-electron chi connectivity index (χ3n) is 3.53. The molecule has 1 aromatic carbocycles. The number of nitrogens with two attached hydrogens (primary N) is 1. The van der Waals surface area contributed by atoms with Gasteiger partial charge in [0.25, 0.3) is 5.95 Å². The molecular weight excluding hydrogens is 312 g/mol. The van der Waals surface area contributed by atoms with Crippen molar-refractivity contribution in [2.75, 3.05) is 11.1 Å². The highest BCUT2D eigenvalue weighted by molar-refractivity contribution is 6.07. The van der Waals surface area contributed by atoms with Crippen LogP contribution in [0, 0.1) is 5.92 Å². The lowest BCUT2D eigenvalue weighted by Crippen LogP contribution is -2.32. The molecule has 3 rings (SSSR count). The van der Waals surface area contributed by atoms with E-state index in [-0.39, 0.29) is 17.8 Å². The summed E-state index contributed by atoms with van der Waals surface area (Å²) in [4.78, 5) is 23.1. The highest BCUT2D eigenvalue weighted by Gasteiger charge is 2.22. The summed E-state index contributed by atoms with van der Waals surface area (Å²) >= 11 is 0. The van der Waals surface area contributed by atoms with Gasteiger partial charge in [0.1, 0.15) is 0 Å². The third kappa shape index (κ3) is 3.37. The molecule has 4 N–H and O–H groups in total. The lowest BCUT2D eigenvalue weighted by Gasteiger charge is -2.19. The first kappa shape index (κ1) is 15.6. The van der Waals surface area contributed by atoms with Crippen molar-refractivity contribution in [1.29, 1.82) is 0 Å². The number of nitrogens with zero attached hydrogens (tertiary/aromatic N) is 1. The molecule has 2 heterocycles. The van der Waals surface area contributed by atoms with Gasteiger partial charge in [-0.1, -0.05) is 13.0 Å². The fourth-order valence-corrected chi connectivity index (χ4v) is 2.39. The zero-order valence-corrected chi connectivity index (χ0v) is 12.9. The minimum Gasteiger partial charge on any atom is -0.434 e. The molecule has 1 aliphatic heterocycles. The van der Waals surface area contributed by atoms with Crippen LogP contribution in [0.25, 0.3) is 0 Å². The average Bonchev–Trinajstić information content (AvgIpc) is 3.02. The largest absolute Gasteiger partial charge is 0.434 e. The minimum absolute atomic E-state index is 0.0131. The van der Waals surface area contributed by atoms with Gasteiger partial charge >= 0.3 is 6.09 Å². The van der Waals surface area contributed by atoms with Gasteiger partial charge in [-0.3, -0.25) is 10.1 Å². The predicted octanol–water partition coefficient (Wildman–Crippen LogP) is 2.33. The zero-order chi connectivity index (χ0) is 17.1. The van der Waals surface area contributed by atoms with E-state index in [0.29, 0.717) is 17.8 Å². The molecule has 0 aliphatic carbocycles. The van der Waals surface area contributed by atoms with Crippen molar-refractivity contribution >= 4 is 29.1 Å². The summed E-state index contributed by atoms with van der Waals surface area (Å²) in [5, 5.41) is 6.62. The van der Waals surface area contributed by atoms with E-state index in [0.717, 1.165) is 11.3 Å². The molecule has 0 fully saturated rings. The Bertz CT molecular complexity index is 798. The number of benzene rings is 1. The van der Waals surface area contributed by atoms with Gasteiger partial charge in [0, 0.05) is 24.0 Å². The van der Waals surface area contributed by atoms with Crippen LogP contribution in [-0.2, 0) is 4.79 Å². The van der Waals surface area contributed by atoms with Crippen LogP contribution < -0.4 is 21.2 Å². The molecule has 8 heteroatoms. The van der Waals surface area contributed by atoms with Crippen molar-refractivity contribution in [1.82, 2.24) is 5.43 Å². The summed E-state index contributed by atoms with van der Waals surface area (Å²) in [5.41, 5.74) is 10.7. The van der Waals surface area contributed by atoms with E-state index < -0.39 is 6.09 Å². The second-order valence-corrected chi connectivity index (χ2v) is 5.39. The van der Waals surface area contributed by atoms with Crippen LogP contribution in [0.15, 0.2) is 46.1 Å². The van der Waals surface area contributed by atoms with Crippen LogP contribution in [-0.4, -0.2) is 17.7 Å². The molecule has 0 radical (unpaired) electrons. The van der Waals surface area contributed by atoms with Gasteiger partial charge in [-0.25, -0.2) is 10.2 Å². The predicted molar refractivity (Wildman–Crippen MR) is 87.7 cm³/mol. The summed E-state index contributed by atoms with van der Waals surface area (Å²) in [7, 11) is 0. The molecule has 1 atom stereocenters. The lowest BCUT2D eigenvalue weighted by molar-refractivity contribution is -0.121. The number of hydrogen-bond acceptors (Lipinski definition) is 6. The monoisotopic (exact) mass is 328 g/mol. The maximum Gasteiger partial charge on any atom is 0.419 e. The summed E-state index contributed by atoms with van der Waals surface area (Å²) in [6.45, 7) is 1.92. The second kappa shape index (κ2) is 6.45. The number of ether oxygens (including phenoxy) is 1. The fourth-order valence-electron chi connectivity index (χ4n) is 2.39. The Morgan fingerprint density at radius 2 is 2.29 bits per heavy atom. The van der Waals surface area contributed by atoms with E-state index in [1.54, 1.807) is 24.3 Å². The van der Waals surface area contributed by atoms with E-state index in [4.69, 9.17) is 14.9 Å². The molecule has 2 amide bonds. The zero-order valence-electron chi connectivity index (χ0n) is 12.9. The van der Waals surface area contributed by atoms with Crippen molar-refractivity contribution in [2.24, 2.45) is 11.0 Å². The first-order valence-corrected chi connectivity index (χ1v) is 7.31.